The number of ether oxygens (including phenoxy) is 4. The first-order valence-electron chi connectivity index (χ1n) is 12.4. The predicted octanol–water partition coefficient (Wildman–Crippen LogP) is -1.51. The van der Waals surface area contributed by atoms with Crippen molar-refractivity contribution in [1.82, 2.24) is 0 Å². The van der Waals surface area contributed by atoms with Gasteiger partial charge in [-0.15, -0.1) is 0 Å². The van der Waals surface area contributed by atoms with E-state index in [-0.39, 0.29) is 46.1 Å². The number of phenols is 3. The zero-order valence-electron chi connectivity index (χ0n) is 21.1. The second kappa shape index (κ2) is 11.4. The van der Waals surface area contributed by atoms with Crippen molar-refractivity contribution < 1.29 is 74.4 Å². The first kappa shape index (κ1) is 29.0. The molecule has 2 aliphatic rings. The highest BCUT2D eigenvalue weighted by molar-refractivity contribution is 5.89. The van der Waals surface area contributed by atoms with Gasteiger partial charge in [0.1, 0.15) is 59.6 Å². The first-order chi connectivity index (χ1) is 19.5. The summed E-state index contributed by atoms with van der Waals surface area (Å²) in [7, 11) is 0. The van der Waals surface area contributed by atoms with Gasteiger partial charge in [0.05, 0.1) is 24.8 Å². The van der Waals surface area contributed by atoms with Crippen LogP contribution in [0, 0.1) is 0 Å². The fourth-order valence-electron chi connectivity index (χ4n) is 4.52. The maximum absolute atomic E-state index is 10.4. The van der Waals surface area contributed by atoms with Gasteiger partial charge in [0.2, 0.25) is 18.3 Å². The molecular formula is C26H29O15+. The number of aliphatic hydroxyl groups excluding tert-OH is 7. The van der Waals surface area contributed by atoms with Gasteiger partial charge in [-0.1, -0.05) is 0 Å². The van der Waals surface area contributed by atoms with Gasteiger partial charge in [-0.05, 0) is 12.1 Å². The van der Waals surface area contributed by atoms with E-state index in [9.17, 15) is 51.1 Å². The van der Waals surface area contributed by atoms with Crippen LogP contribution in [0.1, 0.15) is 0 Å². The molecule has 10 N–H and O–H groups in total. The highest BCUT2D eigenvalue weighted by Crippen LogP contribution is 2.43. The molecule has 0 aliphatic carbocycles. The number of rotatable bonds is 6. The van der Waals surface area contributed by atoms with E-state index in [0.29, 0.717) is 0 Å². The second-order valence-corrected chi connectivity index (χ2v) is 9.68. The first-order valence-corrected chi connectivity index (χ1v) is 12.4. The van der Waals surface area contributed by atoms with Gasteiger partial charge in [-0.25, -0.2) is 4.42 Å². The van der Waals surface area contributed by atoms with E-state index in [4.69, 9.17) is 23.4 Å². The van der Waals surface area contributed by atoms with Crippen LogP contribution in [0.2, 0.25) is 0 Å². The summed E-state index contributed by atoms with van der Waals surface area (Å²) in [4.78, 5) is 0. The average Bonchev–Trinajstić information content (AvgIpc) is 2.95. The molecule has 3 heterocycles. The molecule has 15 heteroatoms. The Morgan fingerprint density at radius 1 is 0.756 bits per heavy atom. The topological polar surface area (TPSA) is 251 Å². The molecule has 1 aromatic heterocycles. The summed E-state index contributed by atoms with van der Waals surface area (Å²) >= 11 is 0. The number of benzene rings is 2. The summed E-state index contributed by atoms with van der Waals surface area (Å²) in [5.41, 5.74) is 0.142. The zero-order valence-corrected chi connectivity index (χ0v) is 21.1. The Hall–Kier alpha value is -3.51. The smallest absolute Gasteiger partial charge is 0.402 e. The summed E-state index contributed by atoms with van der Waals surface area (Å²) in [6.45, 7) is -1.08. The van der Waals surface area contributed by atoms with Crippen molar-refractivity contribution in [3.05, 3.63) is 36.4 Å². The van der Waals surface area contributed by atoms with Crippen LogP contribution < -0.4 is 9.47 Å². The van der Waals surface area contributed by atoms with Crippen molar-refractivity contribution >= 4 is 11.0 Å². The lowest BCUT2D eigenvalue weighted by atomic mass is 9.99. The minimum Gasteiger partial charge on any atom is -0.507 e. The lowest BCUT2D eigenvalue weighted by molar-refractivity contribution is -0.277. The molecule has 2 aromatic carbocycles. The quantitative estimate of drug-likeness (QED) is 0.117. The molecule has 222 valence electrons. The molecule has 2 fully saturated rings. The molecule has 9 atom stereocenters. The van der Waals surface area contributed by atoms with Gasteiger partial charge in [0.25, 0.3) is 0 Å². The van der Waals surface area contributed by atoms with E-state index in [1.165, 1.54) is 24.3 Å². The van der Waals surface area contributed by atoms with Crippen LogP contribution in [0.25, 0.3) is 22.3 Å². The molecule has 0 radical (unpaired) electrons. The van der Waals surface area contributed by atoms with Crippen LogP contribution in [0.4, 0.5) is 0 Å². The second-order valence-electron chi connectivity index (χ2n) is 9.68. The van der Waals surface area contributed by atoms with Crippen molar-refractivity contribution in [2.45, 2.75) is 55.3 Å². The Balaban J connectivity index is 1.60. The normalized spacial score (nSPS) is 32.1. The van der Waals surface area contributed by atoms with Crippen LogP contribution in [-0.2, 0) is 9.47 Å². The van der Waals surface area contributed by atoms with E-state index in [2.05, 4.69) is 0 Å². The number of hydrogen-bond acceptors (Lipinski definition) is 14. The highest BCUT2D eigenvalue weighted by Gasteiger charge is 2.45. The van der Waals surface area contributed by atoms with E-state index in [1.807, 2.05) is 0 Å². The van der Waals surface area contributed by atoms with Crippen LogP contribution in [0.3, 0.4) is 0 Å². The Bertz CT molecular complexity index is 1400. The average molecular weight is 582 g/mol. The molecule has 0 bridgehead atoms. The summed E-state index contributed by atoms with van der Waals surface area (Å²) in [5.74, 6) is -1.70. The molecule has 2 saturated heterocycles. The van der Waals surface area contributed by atoms with Crippen molar-refractivity contribution in [3.63, 3.8) is 0 Å². The Morgan fingerprint density at radius 3 is 2.17 bits per heavy atom. The molecule has 5 rings (SSSR count). The van der Waals surface area contributed by atoms with Crippen LogP contribution >= 0.6 is 0 Å². The van der Waals surface area contributed by atoms with Crippen molar-refractivity contribution in [2.24, 2.45) is 0 Å². The van der Waals surface area contributed by atoms with Gasteiger partial charge in [0, 0.05) is 18.2 Å². The lowest BCUT2D eigenvalue weighted by Crippen LogP contribution is -2.60. The Labute approximate surface area is 230 Å². The minimum atomic E-state index is -1.77. The van der Waals surface area contributed by atoms with Crippen LogP contribution in [-0.4, -0.2) is 120 Å². The van der Waals surface area contributed by atoms with E-state index >= 15 is 0 Å². The van der Waals surface area contributed by atoms with Crippen molar-refractivity contribution in [2.75, 3.05) is 13.2 Å². The third-order valence-corrected chi connectivity index (χ3v) is 6.83. The molecule has 0 unspecified atom stereocenters. The number of fused-ring (bicyclic) bond motifs is 1. The van der Waals surface area contributed by atoms with Crippen LogP contribution in [0.15, 0.2) is 40.8 Å². The predicted molar refractivity (Wildman–Crippen MR) is 134 cm³/mol. The molecular weight excluding hydrogens is 552 g/mol. The number of aromatic hydroxyl groups is 3. The summed E-state index contributed by atoms with van der Waals surface area (Å²) in [6.07, 6.45) is -14.2. The third kappa shape index (κ3) is 5.54. The summed E-state index contributed by atoms with van der Waals surface area (Å²) < 4.78 is 28.3. The van der Waals surface area contributed by atoms with Gasteiger partial charge < -0.3 is 70.0 Å². The number of phenolic OH excluding ortho intramolecular Hbond substituents is 3. The van der Waals surface area contributed by atoms with E-state index in [1.54, 1.807) is 0 Å². The highest BCUT2D eigenvalue weighted by atomic mass is 16.7. The zero-order chi connectivity index (χ0) is 29.6. The molecule has 2 aliphatic heterocycles. The molecule has 3 aromatic rings. The van der Waals surface area contributed by atoms with Gasteiger partial charge >= 0.3 is 11.3 Å². The Morgan fingerprint density at radius 2 is 1.46 bits per heavy atom. The SMILES string of the molecule is OC[C@H]1O[C@@H](Oc2cc(O)cc3[o+]c(-c4ccc(O)c(O)c4)c(O[C@@H]4OC[C@H](O)[C@H](O)[C@@H]4O)cc23)[C@H](O)[C@@H](O)[C@@H]1O. The standard InChI is InChI=1S/C26H28O15/c27-7-18-20(33)21(34)23(36)26(41-18)39-16-5-10(28)4-15-11(16)6-17(40-25-22(35)19(32)14(31)8-37-25)24(38-15)9-1-2-12(29)13(30)3-9/h1-6,14,18-23,25-27,31-36H,7-8H2,(H2-,28,29,30)/p+1/t14-,18+,19-,20+,21-,22-,23+,25-,26+/m0/s1. The van der Waals surface area contributed by atoms with Crippen molar-refractivity contribution in [3.8, 4) is 40.1 Å². The maximum atomic E-state index is 10.4. The maximum Gasteiger partial charge on any atom is 0.402 e. The molecule has 15 nitrogen and oxygen atoms in total. The molecule has 41 heavy (non-hydrogen) atoms. The third-order valence-electron chi connectivity index (χ3n) is 6.83. The number of aliphatic hydroxyl groups is 7. The van der Waals surface area contributed by atoms with Crippen LogP contribution in [0.5, 0.6) is 28.7 Å². The lowest BCUT2D eigenvalue weighted by Gasteiger charge is -2.39. The minimum absolute atomic E-state index is 0.0277. The summed E-state index contributed by atoms with van der Waals surface area (Å²) in [6, 6.07) is 7.35. The molecule has 0 spiro atoms. The van der Waals surface area contributed by atoms with E-state index in [0.717, 1.165) is 12.1 Å². The monoisotopic (exact) mass is 581 g/mol. The Kier molecular flexibility index (Phi) is 8.06. The van der Waals surface area contributed by atoms with Gasteiger partial charge in [-0.2, -0.15) is 0 Å². The summed E-state index contributed by atoms with van der Waals surface area (Å²) in [5, 5.41) is 101. The molecule has 0 saturated carbocycles. The van der Waals surface area contributed by atoms with Crippen molar-refractivity contribution in [1.29, 1.82) is 0 Å². The molecule has 0 amide bonds. The van der Waals surface area contributed by atoms with Gasteiger partial charge in [-0.3, -0.25) is 0 Å². The largest absolute Gasteiger partial charge is 0.507 e. The fourth-order valence-corrected chi connectivity index (χ4v) is 4.52. The number of hydrogen-bond donors (Lipinski definition) is 10. The van der Waals surface area contributed by atoms with E-state index < -0.39 is 73.4 Å². The van der Waals surface area contributed by atoms with Gasteiger partial charge in [0.15, 0.2) is 11.5 Å². The fraction of sp³-hybridized carbons (Fsp3) is 0.423.